The number of nitrogens with zero attached hydrogens (tertiary/aromatic N) is 1. The predicted octanol–water partition coefficient (Wildman–Crippen LogP) is 9.18. The van der Waals surface area contributed by atoms with Gasteiger partial charge in [-0.05, 0) is 113 Å². The van der Waals surface area contributed by atoms with Crippen molar-refractivity contribution in [3.63, 3.8) is 0 Å². The average molecular weight is 792 g/mol. The number of non-ortho nitro benzene ring substituents is 1. The van der Waals surface area contributed by atoms with Crippen LogP contribution < -0.4 is 0 Å². The first-order valence-electron chi connectivity index (χ1n) is 21.6. The number of nitro benzene ring substituents is 1. The molecule has 2 spiro atoms. The van der Waals surface area contributed by atoms with Crippen molar-refractivity contribution in [2.75, 3.05) is 0 Å². The molecule has 4 bridgehead atoms. The Morgan fingerprint density at radius 2 is 1.18 bits per heavy atom. The lowest BCUT2D eigenvalue weighted by Gasteiger charge is -2.60. The maximum atomic E-state index is 14.1. The standard InChI is InChI=1S/C45H61NO11/c1-24-9-15-35-28(5)38(50-40-44(35)33(24)17-19-42(7,52-40)54-56-44)21-26(3)32(23-37(47)30-11-13-31(14-12-30)46(48)49)27(4)22-39-29(6)36-16-10-25(2)34-18-20-43(8)53-41(51-39)45(34,36)57-55-43/h11-14,24-25,28-29,32-36,38-41H,3-4,9-10,15-23H2,1-2,5-8H3/t24-,25-,28-,29-,32?,33+,34+,35+,36+,38-,39-,40-,41?,42+,43+,44-,45-/m1/s1. The Kier molecular flexibility index (Phi) is 10.00. The molecule has 0 radical (unpaired) electrons. The molecule has 10 aliphatic rings. The van der Waals surface area contributed by atoms with Gasteiger partial charge in [0.15, 0.2) is 29.6 Å². The van der Waals surface area contributed by atoms with Gasteiger partial charge in [0.05, 0.1) is 17.1 Å². The minimum atomic E-state index is -0.880. The van der Waals surface area contributed by atoms with Gasteiger partial charge in [-0.25, -0.2) is 19.6 Å². The summed E-state index contributed by atoms with van der Waals surface area (Å²) in [6.07, 6.45) is 7.06. The van der Waals surface area contributed by atoms with Crippen LogP contribution in [-0.2, 0) is 38.5 Å². The highest BCUT2D eigenvalue weighted by molar-refractivity contribution is 5.96. The van der Waals surface area contributed by atoms with Crippen LogP contribution in [-0.4, -0.2) is 58.3 Å². The van der Waals surface area contributed by atoms with Gasteiger partial charge in [0, 0.05) is 54.7 Å². The highest BCUT2D eigenvalue weighted by Gasteiger charge is 2.71. The van der Waals surface area contributed by atoms with Crippen molar-refractivity contribution in [3.05, 3.63) is 64.2 Å². The third-order valence-electron chi connectivity index (χ3n) is 16.3. The van der Waals surface area contributed by atoms with Crippen molar-refractivity contribution in [2.24, 2.45) is 53.3 Å². The van der Waals surface area contributed by atoms with Crippen molar-refractivity contribution in [1.82, 2.24) is 0 Å². The molecule has 12 nitrogen and oxygen atoms in total. The Morgan fingerprint density at radius 1 is 0.719 bits per heavy atom. The summed E-state index contributed by atoms with van der Waals surface area (Å²) in [5.74, 6) is -0.333. The monoisotopic (exact) mass is 791 g/mol. The van der Waals surface area contributed by atoms with Crippen LogP contribution >= 0.6 is 0 Å². The first-order valence-corrected chi connectivity index (χ1v) is 21.6. The quantitative estimate of drug-likeness (QED) is 0.0738. The summed E-state index contributed by atoms with van der Waals surface area (Å²) < 4.78 is 27.3. The number of ketones is 1. The first kappa shape index (κ1) is 39.9. The van der Waals surface area contributed by atoms with E-state index >= 15 is 0 Å². The second-order valence-corrected chi connectivity index (χ2v) is 19.6. The Bertz CT molecular complexity index is 1690. The lowest BCUT2D eigenvalue weighted by Crippen LogP contribution is -2.70. The third-order valence-corrected chi connectivity index (χ3v) is 16.3. The predicted molar refractivity (Wildman–Crippen MR) is 207 cm³/mol. The Balaban J connectivity index is 0.984. The van der Waals surface area contributed by atoms with E-state index in [0.29, 0.717) is 30.2 Å². The van der Waals surface area contributed by atoms with E-state index in [1.54, 1.807) is 0 Å². The molecule has 2 aliphatic carbocycles. The van der Waals surface area contributed by atoms with Crippen LogP contribution in [0.25, 0.3) is 0 Å². The summed E-state index contributed by atoms with van der Waals surface area (Å²) >= 11 is 0. The van der Waals surface area contributed by atoms with Crippen molar-refractivity contribution in [1.29, 1.82) is 0 Å². The molecular weight excluding hydrogens is 730 g/mol. The van der Waals surface area contributed by atoms with Gasteiger partial charge < -0.3 is 18.9 Å². The molecule has 17 atom stereocenters. The van der Waals surface area contributed by atoms with Gasteiger partial charge in [0.2, 0.25) is 11.6 Å². The normalized spacial score (nSPS) is 47.5. The molecule has 1 aromatic rings. The topological polar surface area (TPSA) is 134 Å². The number of carbonyl (C=O) groups is 1. The fourth-order valence-electron chi connectivity index (χ4n) is 12.9. The molecule has 8 saturated heterocycles. The van der Waals surface area contributed by atoms with E-state index in [1.165, 1.54) is 24.3 Å². The lowest BCUT2D eigenvalue weighted by molar-refractivity contribution is -0.571. The number of nitro groups is 1. The number of benzene rings is 1. The maximum Gasteiger partial charge on any atom is 0.269 e. The largest absolute Gasteiger partial charge is 0.346 e. The summed E-state index contributed by atoms with van der Waals surface area (Å²) in [6.45, 7) is 22.3. The van der Waals surface area contributed by atoms with E-state index in [9.17, 15) is 14.9 Å². The summed E-state index contributed by atoms with van der Waals surface area (Å²) in [5.41, 5.74) is 0.706. The zero-order valence-electron chi connectivity index (χ0n) is 34.4. The second-order valence-electron chi connectivity index (χ2n) is 19.6. The molecule has 11 rings (SSSR count). The van der Waals surface area contributed by atoms with E-state index < -0.39 is 46.2 Å². The van der Waals surface area contributed by atoms with Crippen LogP contribution in [0.5, 0.6) is 0 Å². The van der Waals surface area contributed by atoms with Crippen LogP contribution in [0.4, 0.5) is 5.69 Å². The smallest absolute Gasteiger partial charge is 0.269 e. The number of hydrogen-bond donors (Lipinski definition) is 0. The van der Waals surface area contributed by atoms with Gasteiger partial charge >= 0.3 is 0 Å². The fraction of sp³-hybridized carbons (Fsp3) is 0.756. The number of hydrogen-bond acceptors (Lipinski definition) is 11. The SMILES string of the molecule is C=C(C[C@H]1OC2O[C@]3(C)CC[C@H]4[C@H](C)CC[C@@H]([C@H]1C)[C@@]24OO3)C(CC(=O)c1ccc([N+](=O)[O-])cc1)C(=C)C[C@H]1O[C@@H]2O[C@]3(C)CC[C@H]4[C@H](C)CC[C@@H]([C@H]1C)[C@@]24OO3. The Labute approximate surface area is 336 Å². The molecule has 12 heteroatoms. The highest BCUT2D eigenvalue weighted by Crippen LogP contribution is 2.63. The number of Topliss-reactive ketones (excluding diaryl/α,β-unsaturated/α-hetero) is 1. The van der Waals surface area contributed by atoms with Crippen molar-refractivity contribution >= 4 is 11.5 Å². The Morgan fingerprint density at radius 3 is 1.61 bits per heavy atom. The first-order chi connectivity index (χ1) is 27.1. The second kappa shape index (κ2) is 14.3. The molecule has 0 N–H and O–H groups in total. The zero-order chi connectivity index (χ0) is 40.2. The molecule has 312 valence electrons. The van der Waals surface area contributed by atoms with Gasteiger partial charge in [-0.15, -0.1) is 0 Å². The molecule has 0 amide bonds. The zero-order valence-corrected chi connectivity index (χ0v) is 34.4. The lowest BCUT2D eigenvalue weighted by atomic mass is 9.57. The van der Waals surface area contributed by atoms with Crippen LogP contribution in [0.2, 0.25) is 0 Å². The Hall–Kier alpha value is -2.55. The van der Waals surface area contributed by atoms with Crippen LogP contribution in [0.3, 0.4) is 0 Å². The van der Waals surface area contributed by atoms with Gasteiger partial charge in [0.25, 0.3) is 5.69 Å². The van der Waals surface area contributed by atoms with Crippen molar-refractivity contribution in [3.8, 4) is 0 Å². The summed E-state index contributed by atoms with van der Waals surface area (Å²) in [5, 5.41) is 11.4. The van der Waals surface area contributed by atoms with Gasteiger partial charge in [-0.1, -0.05) is 52.0 Å². The van der Waals surface area contributed by atoms with E-state index in [-0.39, 0.29) is 65.6 Å². The average Bonchev–Trinajstić information content (AvgIpc) is 3.55. The highest BCUT2D eigenvalue weighted by atomic mass is 17.3. The number of rotatable bonds is 10. The molecule has 2 saturated carbocycles. The summed E-state index contributed by atoms with van der Waals surface area (Å²) in [7, 11) is 0. The minimum absolute atomic E-state index is 0.0617. The van der Waals surface area contributed by atoms with Crippen LogP contribution in [0.1, 0.15) is 123 Å². The minimum Gasteiger partial charge on any atom is -0.346 e. The number of ether oxygens (including phenoxy) is 4. The van der Waals surface area contributed by atoms with E-state index in [0.717, 1.165) is 62.5 Å². The van der Waals surface area contributed by atoms with Crippen molar-refractivity contribution in [2.45, 2.75) is 160 Å². The van der Waals surface area contributed by atoms with E-state index in [1.807, 2.05) is 13.8 Å². The fourth-order valence-corrected chi connectivity index (χ4v) is 12.9. The van der Waals surface area contributed by atoms with Crippen molar-refractivity contribution < 1.29 is 48.2 Å². The summed E-state index contributed by atoms with van der Waals surface area (Å²) in [4.78, 5) is 49.9. The molecule has 57 heavy (non-hydrogen) atoms. The summed E-state index contributed by atoms with van der Waals surface area (Å²) in [6, 6.07) is 5.82. The van der Waals surface area contributed by atoms with E-state index in [2.05, 4.69) is 40.9 Å². The number of carbonyl (C=O) groups excluding carboxylic acids is 1. The van der Waals surface area contributed by atoms with Gasteiger partial charge in [-0.2, -0.15) is 0 Å². The van der Waals surface area contributed by atoms with E-state index in [4.69, 9.17) is 38.5 Å². The molecule has 2 unspecified atom stereocenters. The molecule has 0 aromatic heterocycles. The maximum absolute atomic E-state index is 14.1. The third kappa shape index (κ3) is 6.33. The van der Waals surface area contributed by atoms with Gasteiger partial charge in [0.1, 0.15) is 0 Å². The van der Waals surface area contributed by atoms with Crippen LogP contribution in [0, 0.1) is 63.4 Å². The molecule has 8 aliphatic heterocycles. The molecule has 1 aromatic carbocycles. The van der Waals surface area contributed by atoms with Gasteiger partial charge in [-0.3, -0.25) is 14.9 Å². The number of fused-ring (bicyclic) bond motifs is 4. The molecule has 8 heterocycles. The molecular formula is C45H61NO11. The molecule has 10 fully saturated rings. The van der Waals surface area contributed by atoms with Crippen LogP contribution in [0.15, 0.2) is 48.6 Å².